The molecule has 2 rings (SSSR count). The Morgan fingerprint density at radius 3 is 2.19 bits per heavy atom. The summed E-state index contributed by atoms with van der Waals surface area (Å²) in [6.07, 6.45) is 0. The van der Waals surface area contributed by atoms with Gasteiger partial charge < -0.3 is 15.5 Å². The summed E-state index contributed by atoms with van der Waals surface area (Å²) >= 11 is 5.78. The second kappa shape index (κ2) is 9.00. The van der Waals surface area contributed by atoms with E-state index in [1.165, 1.54) is 18.2 Å². The summed E-state index contributed by atoms with van der Waals surface area (Å²) in [4.78, 5) is 36.5. The fraction of sp³-hybridized carbons (Fsp3) is 0.222. The van der Waals surface area contributed by atoms with Gasteiger partial charge in [-0.15, -0.1) is 0 Å². The van der Waals surface area contributed by atoms with Crippen molar-refractivity contribution < 1.29 is 14.5 Å². The van der Waals surface area contributed by atoms with Gasteiger partial charge in [-0.1, -0.05) is 11.6 Å². The third-order valence-electron chi connectivity index (χ3n) is 3.72. The zero-order valence-electron chi connectivity index (χ0n) is 14.9. The summed E-state index contributed by atoms with van der Waals surface area (Å²) in [7, 11) is 3.48. The SMILES string of the molecule is CN(C)c1ccc([N+](=O)[O-])cc1C(=O)NCCNC(=O)c1ccc(Cl)cc1. The number of amides is 2. The number of carbonyl (C=O) groups is 2. The van der Waals surface area contributed by atoms with Gasteiger partial charge in [0.15, 0.2) is 0 Å². The number of halogens is 1. The number of nitrogens with zero attached hydrogens (tertiary/aromatic N) is 2. The first kappa shape index (κ1) is 20.2. The van der Waals surface area contributed by atoms with Gasteiger partial charge in [0.25, 0.3) is 17.5 Å². The first-order valence-electron chi connectivity index (χ1n) is 8.07. The van der Waals surface area contributed by atoms with Gasteiger partial charge in [-0.2, -0.15) is 0 Å². The number of non-ortho nitro benzene ring substituents is 1. The quantitative estimate of drug-likeness (QED) is 0.429. The molecule has 2 aromatic rings. The van der Waals surface area contributed by atoms with Gasteiger partial charge in [0.1, 0.15) is 0 Å². The molecule has 2 amide bonds. The number of nitro benzene ring substituents is 1. The van der Waals surface area contributed by atoms with Crippen molar-refractivity contribution in [2.24, 2.45) is 0 Å². The van der Waals surface area contributed by atoms with Crippen LogP contribution in [0, 0.1) is 10.1 Å². The van der Waals surface area contributed by atoms with E-state index in [4.69, 9.17) is 11.6 Å². The smallest absolute Gasteiger partial charge is 0.270 e. The Labute approximate surface area is 161 Å². The zero-order chi connectivity index (χ0) is 20.0. The molecule has 0 radical (unpaired) electrons. The number of carbonyl (C=O) groups excluding carboxylic acids is 2. The molecular weight excluding hydrogens is 372 g/mol. The topological polar surface area (TPSA) is 105 Å². The van der Waals surface area contributed by atoms with Crippen LogP contribution in [-0.2, 0) is 0 Å². The van der Waals surface area contributed by atoms with Crippen LogP contribution in [0.3, 0.4) is 0 Å². The third-order valence-corrected chi connectivity index (χ3v) is 3.97. The van der Waals surface area contributed by atoms with Crippen molar-refractivity contribution in [1.82, 2.24) is 10.6 Å². The fourth-order valence-corrected chi connectivity index (χ4v) is 2.49. The molecule has 0 aliphatic rings. The lowest BCUT2D eigenvalue weighted by molar-refractivity contribution is -0.384. The molecule has 0 atom stereocenters. The van der Waals surface area contributed by atoms with Crippen molar-refractivity contribution in [3.8, 4) is 0 Å². The zero-order valence-corrected chi connectivity index (χ0v) is 15.6. The molecule has 8 nitrogen and oxygen atoms in total. The predicted molar refractivity (Wildman–Crippen MR) is 104 cm³/mol. The van der Waals surface area contributed by atoms with E-state index in [0.717, 1.165) is 0 Å². The number of anilines is 1. The lowest BCUT2D eigenvalue weighted by Gasteiger charge is -2.17. The van der Waals surface area contributed by atoms with Crippen LogP contribution in [0.2, 0.25) is 5.02 Å². The number of hydrogen-bond donors (Lipinski definition) is 2. The minimum absolute atomic E-state index is 0.165. The summed E-state index contributed by atoms with van der Waals surface area (Å²) < 4.78 is 0. The molecule has 0 saturated carbocycles. The largest absolute Gasteiger partial charge is 0.377 e. The molecule has 0 aliphatic heterocycles. The maximum Gasteiger partial charge on any atom is 0.270 e. The molecule has 0 saturated heterocycles. The number of nitro groups is 1. The van der Waals surface area contributed by atoms with E-state index in [1.54, 1.807) is 43.3 Å². The Morgan fingerprint density at radius 2 is 1.63 bits per heavy atom. The molecule has 142 valence electrons. The van der Waals surface area contributed by atoms with Gasteiger partial charge in [0.05, 0.1) is 10.5 Å². The van der Waals surface area contributed by atoms with E-state index >= 15 is 0 Å². The Hall–Kier alpha value is -3.13. The summed E-state index contributed by atoms with van der Waals surface area (Å²) in [6.45, 7) is 0.382. The average molecular weight is 391 g/mol. The average Bonchev–Trinajstić information content (AvgIpc) is 2.64. The van der Waals surface area contributed by atoms with Crippen molar-refractivity contribution in [1.29, 1.82) is 0 Å². The highest BCUT2D eigenvalue weighted by Gasteiger charge is 2.17. The molecule has 2 N–H and O–H groups in total. The van der Waals surface area contributed by atoms with E-state index in [9.17, 15) is 19.7 Å². The van der Waals surface area contributed by atoms with Crippen molar-refractivity contribution in [3.05, 3.63) is 68.7 Å². The third kappa shape index (κ3) is 5.42. The van der Waals surface area contributed by atoms with Gasteiger partial charge in [0, 0.05) is 55.6 Å². The van der Waals surface area contributed by atoms with Crippen LogP contribution in [-0.4, -0.2) is 43.9 Å². The Bertz CT molecular complexity index is 853. The van der Waals surface area contributed by atoms with Crippen LogP contribution < -0.4 is 15.5 Å². The Morgan fingerprint density at radius 1 is 1.04 bits per heavy atom. The first-order chi connectivity index (χ1) is 12.8. The Kier molecular flexibility index (Phi) is 6.73. The molecular formula is C18H19ClN4O4. The van der Waals surface area contributed by atoms with E-state index in [-0.39, 0.29) is 30.2 Å². The molecule has 0 fully saturated rings. The van der Waals surface area contributed by atoms with Crippen molar-refractivity contribution in [2.45, 2.75) is 0 Å². The van der Waals surface area contributed by atoms with Crippen molar-refractivity contribution >= 4 is 34.8 Å². The highest BCUT2D eigenvalue weighted by Crippen LogP contribution is 2.24. The second-order valence-corrected chi connectivity index (χ2v) is 6.31. The number of benzene rings is 2. The van der Waals surface area contributed by atoms with Crippen LogP contribution >= 0.6 is 11.6 Å². The van der Waals surface area contributed by atoms with Crippen molar-refractivity contribution in [2.75, 3.05) is 32.1 Å². The predicted octanol–water partition coefficient (Wildman–Crippen LogP) is 2.47. The van der Waals surface area contributed by atoms with Gasteiger partial charge >= 0.3 is 0 Å². The van der Waals surface area contributed by atoms with Gasteiger partial charge in [-0.25, -0.2) is 0 Å². The second-order valence-electron chi connectivity index (χ2n) is 5.87. The molecule has 0 heterocycles. The number of nitrogens with one attached hydrogen (secondary N) is 2. The number of rotatable bonds is 7. The molecule has 9 heteroatoms. The lowest BCUT2D eigenvalue weighted by atomic mass is 10.1. The van der Waals surface area contributed by atoms with E-state index in [1.807, 2.05) is 0 Å². The Balaban J connectivity index is 1.95. The standard InChI is InChI=1S/C18H19ClN4O4/c1-22(2)16-8-7-14(23(26)27)11-15(16)18(25)21-10-9-20-17(24)12-3-5-13(19)6-4-12/h3-8,11H,9-10H2,1-2H3,(H,20,24)(H,21,25). The maximum atomic E-state index is 12.4. The van der Waals surface area contributed by atoms with Gasteiger partial charge in [0.2, 0.25) is 0 Å². The molecule has 2 aromatic carbocycles. The summed E-state index contributed by atoms with van der Waals surface area (Å²) in [5.74, 6) is -0.742. The van der Waals surface area contributed by atoms with Crippen LogP contribution in [0.4, 0.5) is 11.4 Å². The summed E-state index contributed by atoms with van der Waals surface area (Å²) in [5.41, 5.74) is 1.04. The summed E-state index contributed by atoms with van der Waals surface area (Å²) in [5, 5.41) is 16.8. The van der Waals surface area contributed by atoms with Crippen LogP contribution in [0.1, 0.15) is 20.7 Å². The molecule has 0 aliphatic carbocycles. The fourth-order valence-electron chi connectivity index (χ4n) is 2.36. The molecule has 0 unspecified atom stereocenters. The normalized spacial score (nSPS) is 10.2. The highest BCUT2D eigenvalue weighted by molar-refractivity contribution is 6.30. The van der Waals surface area contributed by atoms with Crippen LogP contribution in [0.15, 0.2) is 42.5 Å². The minimum Gasteiger partial charge on any atom is -0.377 e. The molecule has 0 spiro atoms. The van der Waals surface area contributed by atoms with Gasteiger partial charge in [-0.05, 0) is 30.3 Å². The number of hydrogen-bond acceptors (Lipinski definition) is 5. The monoisotopic (exact) mass is 390 g/mol. The highest BCUT2D eigenvalue weighted by atomic mass is 35.5. The van der Waals surface area contributed by atoms with Crippen LogP contribution in [0.5, 0.6) is 0 Å². The molecule has 0 aromatic heterocycles. The lowest BCUT2D eigenvalue weighted by Crippen LogP contribution is -2.35. The summed E-state index contributed by atoms with van der Waals surface area (Å²) in [6, 6.07) is 10.5. The molecule has 0 bridgehead atoms. The van der Waals surface area contributed by atoms with E-state index in [2.05, 4.69) is 10.6 Å². The van der Waals surface area contributed by atoms with E-state index in [0.29, 0.717) is 16.3 Å². The van der Waals surface area contributed by atoms with E-state index < -0.39 is 10.8 Å². The van der Waals surface area contributed by atoms with Crippen molar-refractivity contribution in [3.63, 3.8) is 0 Å². The van der Waals surface area contributed by atoms with Gasteiger partial charge in [-0.3, -0.25) is 19.7 Å². The first-order valence-corrected chi connectivity index (χ1v) is 8.45. The maximum absolute atomic E-state index is 12.4. The van der Waals surface area contributed by atoms with Crippen LogP contribution in [0.25, 0.3) is 0 Å². The minimum atomic E-state index is -0.553. The molecule has 27 heavy (non-hydrogen) atoms.